The van der Waals surface area contributed by atoms with Gasteiger partial charge in [0.1, 0.15) is 6.10 Å². The molecule has 1 saturated heterocycles. The quantitative estimate of drug-likeness (QED) is 0.769. The molecule has 1 aliphatic heterocycles. The van der Waals surface area contributed by atoms with E-state index in [2.05, 4.69) is 16.9 Å². The van der Waals surface area contributed by atoms with Crippen molar-refractivity contribution in [1.29, 1.82) is 0 Å². The highest BCUT2D eigenvalue weighted by atomic mass is 16.5. The number of pyridine rings is 1. The van der Waals surface area contributed by atoms with Crippen molar-refractivity contribution in [3.05, 3.63) is 24.4 Å². The predicted octanol–water partition coefficient (Wildman–Crippen LogP) is 2.58. The summed E-state index contributed by atoms with van der Waals surface area (Å²) >= 11 is 0. The summed E-state index contributed by atoms with van der Waals surface area (Å²) in [4.78, 5) is 6.49. The van der Waals surface area contributed by atoms with Crippen LogP contribution in [0.15, 0.2) is 24.4 Å². The van der Waals surface area contributed by atoms with E-state index in [9.17, 15) is 0 Å². The Bertz CT molecular complexity index is 269. The van der Waals surface area contributed by atoms with Gasteiger partial charge in [0.25, 0.3) is 0 Å². The molecule has 2 heterocycles. The Morgan fingerprint density at radius 3 is 2.50 bits per heavy atom. The zero-order chi connectivity index (χ0) is 11.8. The number of likely N-dealkylation sites (tertiary alicyclic amines) is 1. The largest absolute Gasteiger partial charge is 0.474 e. The standard InChI is InChI=1S/C11H16N2O.C2H6/c1-13-8-5-10(6-9-13)14-11-4-2-3-7-12-11;1-2/h2-4,7,10H,5-6,8-9H2,1H3;1-2H3. The van der Waals surface area contributed by atoms with E-state index in [4.69, 9.17) is 4.74 Å². The van der Waals surface area contributed by atoms with E-state index in [1.165, 1.54) is 0 Å². The van der Waals surface area contributed by atoms with Crippen LogP contribution in [0.1, 0.15) is 26.7 Å². The number of hydrogen-bond acceptors (Lipinski definition) is 3. The Balaban J connectivity index is 0.000000606. The number of ether oxygens (including phenoxy) is 1. The van der Waals surface area contributed by atoms with E-state index in [0.29, 0.717) is 6.10 Å². The van der Waals surface area contributed by atoms with Crippen molar-refractivity contribution in [2.75, 3.05) is 20.1 Å². The number of hydrogen-bond donors (Lipinski definition) is 0. The summed E-state index contributed by atoms with van der Waals surface area (Å²) in [5.41, 5.74) is 0. The van der Waals surface area contributed by atoms with Crippen LogP contribution in [0.2, 0.25) is 0 Å². The van der Waals surface area contributed by atoms with E-state index in [-0.39, 0.29) is 0 Å². The maximum Gasteiger partial charge on any atom is 0.213 e. The van der Waals surface area contributed by atoms with E-state index < -0.39 is 0 Å². The van der Waals surface area contributed by atoms with Crippen LogP contribution in [0.25, 0.3) is 0 Å². The Labute approximate surface area is 98.4 Å². The van der Waals surface area contributed by atoms with Crippen LogP contribution in [-0.4, -0.2) is 36.1 Å². The van der Waals surface area contributed by atoms with Gasteiger partial charge >= 0.3 is 0 Å². The second kappa shape index (κ2) is 7.23. The van der Waals surface area contributed by atoms with Crippen molar-refractivity contribution >= 4 is 0 Å². The van der Waals surface area contributed by atoms with Crippen LogP contribution in [-0.2, 0) is 0 Å². The lowest BCUT2D eigenvalue weighted by molar-refractivity contribution is 0.110. The molecule has 0 spiro atoms. The van der Waals surface area contributed by atoms with E-state index in [1.54, 1.807) is 6.20 Å². The zero-order valence-electron chi connectivity index (χ0n) is 10.5. The summed E-state index contributed by atoms with van der Waals surface area (Å²) in [6.07, 6.45) is 4.32. The van der Waals surface area contributed by atoms with Crippen molar-refractivity contribution < 1.29 is 4.74 Å². The van der Waals surface area contributed by atoms with Crippen molar-refractivity contribution in [3.63, 3.8) is 0 Å². The summed E-state index contributed by atoms with van der Waals surface area (Å²) < 4.78 is 5.77. The molecule has 1 fully saturated rings. The van der Waals surface area contributed by atoms with Crippen molar-refractivity contribution in [3.8, 4) is 5.88 Å². The van der Waals surface area contributed by atoms with Gasteiger partial charge in [-0.05, 0) is 26.0 Å². The Hall–Kier alpha value is -1.09. The van der Waals surface area contributed by atoms with Crippen molar-refractivity contribution in [2.45, 2.75) is 32.8 Å². The van der Waals surface area contributed by atoms with Crippen LogP contribution in [0.5, 0.6) is 5.88 Å². The van der Waals surface area contributed by atoms with Crippen LogP contribution in [0, 0.1) is 0 Å². The van der Waals surface area contributed by atoms with Gasteiger partial charge in [-0.25, -0.2) is 4.98 Å². The Morgan fingerprint density at radius 2 is 1.94 bits per heavy atom. The molecular formula is C13H22N2O. The van der Waals surface area contributed by atoms with Gasteiger partial charge in [-0.2, -0.15) is 0 Å². The molecule has 0 N–H and O–H groups in total. The molecule has 0 radical (unpaired) electrons. The second-order valence-electron chi connectivity index (χ2n) is 3.79. The van der Waals surface area contributed by atoms with Gasteiger partial charge in [0, 0.05) is 25.4 Å². The van der Waals surface area contributed by atoms with Crippen LogP contribution in [0.3, 0.4) is 0 Å². The van der Waals surface area contributed by atoms with Gasteiger partial charge in [0.15, 0.2) is 0 Å². The lowest BCUT2D eigenvalue weighted by Gasteiger charge is -2.28. The molecule has 0 amide bonds. The fraction of sp³-hybridized carbons (Fsp3) is 0.615. The molecule has 0 aliphatic carbocycles. The Morgan fingerprint density at radius 1 is 1.25 bits per heavy atom. The second-order valence-corrected chi connectivity index (χ2v) is 3.79. The highest BCUT2D eigenvalue weighted by Gasteiger charge is 2.17. The SMILES string of the molecule is CC.CN1CCC(Oc2ccccn2)CC1. The fourth-order valence-corrected chi connectivity index (χ4v) is 1.69. The van der Waals surface area contributed by atoms with E-state index in [0.717, 1.165) is 31.8 Å². The van der Waals surface area contributed by atoms with Gasteiger partial charge in [-0.15, -0.1) is 0 Å². The predicted molar refractivity (Wildman–Crippen MR) is 66.7 cm³/mol. The lowest BCUT2D eigenvalue weighted by atomic mass is 10.1. The molecule has 0 saturated carbocycles. The summed E-state index contributed by atoms with van der Waals surface area (Å²) in [5, 5.41) is 0. The Kier molecular flexibility index (Phi) is 5.86. The van der Waals surface area contributed by atoms with Gasteiger partial charge in [-0.3, -0.25) is 0 Å². The highest BCUT2D eigenvalue weighted by molar-refractivity contribution is 5.09. The fourth-order valence-electron chi connectivity index (χ4n) is 1.69. The average molecular weight is 222 g/mol. The third kappa shape index (κ3) is 4.19. The number of aromatic nitrogens is 1. The summed E-state index contributed by atoms with van der Waals surface area (Å²) in [7, 11) is 2.15. The lowest BCUT2D eigenvalue weighted by Crippen LogP contribution is -2.35. The summed E-state index contributed by atoms with van der Waals surface area (Å²) in [6, 6.07) is 5.77. The van der Waals surface area contributed by atoms with Crippen molar-refractivity contribution in [2.24, 2.45) is 0 Å². The van der Waals surface area contributed by atoms with Crippen LogP contribution < -0.4 is 4.74 Å². The van der Waals surface area contributed by atoms with E-state index >= 15 is 0 Å². The third-order valence-corrected chi connectivity index (χ3v) is 2.59. The molecule has 0 aromatic carbocycles. The molecule has 1 aromatic rings. The molecular weight excluding hydrogens is 200 g/mol. The highest BCUT2D eigenvalue weighted by Crippen LogP contribution is 2.15. The van der Waals surface area contributed by atoms with Gasteiger partial charge < -0.3 is 9.64 Å². The minimum Gasteiger partial charge on any atom is -0.474 e. The monoisotopic (exact) mass is 222 g/mol. The first-order valence-electron chi connectivity index (χ1n) is 6.11. The van der Waals surface area contributed by atoms with Gasteiger partial charge in [0.05, 0.1) is 0 Å². The smallest absolute Gasteiger partial charge is 0.213 e. The molecule has 16 heavy (non-hydrogen) atoms. The summed E-state index contributed by atoms with van der Waals surface area (Å²) in [5.74, 6) is 0.752. The van der Waals surface area contributed by atoms with Crippen molar-refractivity contribution in [1.82, 2.24) is 9.88 Å². The molecule has 1 aromatic heterocycles. The molecule has 3 heteroatoms. The topological polar surface area (TPSA) is 25.4 Å². The van der Waals surface area contributed by atoms with E-state index in [1.807, 2.05) is 32.0 Å². The first-order chi connectivity index (χ1) is 7.84. The first kappa shape index (κ1) is 13.0. The minimum atomic E-state index is 0.348. The number of nitrogens with zero attached hydrogens (tertiary/aromatic N) is 2. The minimum absolute atomic E-state index is 0.348. The zero-order valence-corrected chi connectivity index (χ0v) is 10.5. The van der Waals surface area contributed by atoms with Crippen LogP contribution >= 0.6 is 0 Å². The molecule has 90 valence electrons. The number of piperidine rings is 1. The van der Waals surface area contributed by atoms with Crippen LogP contribution in [0.4, 0.5) is 0 Å². The molecule has 0 bridgehead atoms. The number of rotatable bonds is 2. The maximum atomic E-state index is 5.77. The molecule has 1 aliphatic rings. The third-order valence-electron chi connectivity index (χ3n) is 2.59. The first-order valence-corrected chi connectivity index (χ1v) is 6.11. The molecule has 0 unspecified atom stereocenters. The van der Waals surface area contributed by atoms with Gasteiger partial charge in [0.2, 0.25) is 5.88 Å². The molecule has 3 nitrogen and oxygen atoms in total. The normalized spacial score (nSPS) is 17.4. The molecule has 2 rings (SSSR count). The summed E-state index contributed by atoms with van der Waals surface area (Å²) in [6.45, 7) is 6.25. The van der Waals surface area contributed by atoms with Gasteiger partial charge in [-0.1, -0.05) is 19.9 Å². The average Bonchev–Trinajstić information content (AvgIpc) is 2.36. The molecule has 0 atom stereocenters. The maximum absolute atomic E-state index is 5.77.